The van der Waals surface area contributed by atoms with Gasteiger partial charge in [0.1, 0.15) is 0 Å². The predicted molar refractivity (Wildman–Crippen MR) is 203 cm³/mol. The number of benzene rings is 7. The molecular formula is C48H30. The Bertz CT molecular complexity index is 2110. The molecule has 0 spiro atoms. The van der Waals surface area contributed by atoms with E-state index in [1.165, 1.54) is 100 Å². The predicted octanol–water partition coefficient (Wildman–Crippen LogP) is 12.4. The zero-order valence-electron chi connectivity index (χ0n) is 26.3. The molecule has 0 fully saturated rings. The third-order valence-corrected chi connectivity index (χ3v) is 10.1. The molecule has 10 rings (SSSR count). The van der Waals surface area contributed by atoms with Crippen molar-refractivity contribution in [3.8, 4) is 33.4 Å². The molecular weight excluding hydrogens is 577 g/mol. The number of hydrogen-bond donors (Lipinski definition) is 0. The van der Waals surface area contributed by atoms with Crippen LogP contribution < -0.4 is 0 Å². The molecule has 0 saturated heterocycles. The van der Waals surface area contributed by atoms with Crippen LogP contribution in [0.2, 0.25) is 0 Å². The quantitative estimate of drug-likeness (QED) is 0.188. The van der Waals surface area contributed by atoms with E-state index in [1.807, 2.05) is 0 Å². The molecule has 0 saturated carbocycles. The molecule has 0 unspecified atom stereocenters. The molecule has 3 aliphatic carbocycles. The van der Waals surface area contributed by atoms with E-state index in [0.29, 0.717) is 0 Å². The Hall–Kier alpha value is -6.24. The Labute approximate surface area is 281 Å². The first kappa shape index (κ1) is 26.9. The van der Waals surface area contributed by atoms with Crippen LogP contribution in [0.3, 0.4) is 0 Å². The lowest BCUT2D eigenvalue weighted by molar-refractivity contribution is 1.57. The van der Waals surface area contributed by atoms with Crippen LogP contribution in [0.1, 0.15) is 50.1 Å². The summed E-state index contributed by atoms with van der Waals surface area (Å²) < 4.78 is 0. The smallest absolute Gasteiger partial charge is 0.00930 e. The first-order valence-corrected chi connectivity index (χ1v) is 16.7. The summed E-state index contributed by atoms with van der Waals surface area (Å²) in [6.07, 6.45) is 7.17. The summed E-state index contributed by atoms with van der Waals surface area (Å²) in [6.45, 7) is 0. The van der Waals surface area contributed by atoms with E-state index >= 15 is 0 Å². The van der Waals surface area contributed by atoms with Gasteiger partial charge in [-0.15, -0.1) is 0 Å². The summed E-state index contributed by atoms with van der Waals surface area (Å²) in [4.78, 5) is 0. The van der Waals surface area contributed by atoms with Gasteiger partial charge in [-0.1, -0.05) is 146 Å². The van der Waals surface area contributed by atoms with Crippen molar-refractivity contribution in [2.24, 2.45) is 0 Å². The van der Waals surface area contributed by atoms with Crippen LogP contribution in [0, 0.1) is 0 Å². The average molecular weight is 607 g/mol. The highest BCUT2D eigenvalue weighted by molar-refractivity contribution is 6.10. The summed E-state index contributed by atoms with van der Waals surface area (Å²) in [6, 6.07) is 59.9. The van der Waals surface area contributed by atoms with Crippen molar-refractivity contribution in [2.75, 3.05) is 0 Å². The Kier molecular flexibility index (Phi) is 5.98. The summed E-state index contributed by atoms with van der Waals surface area (Å²) in [5, 5.41) is 0. The van der Waals surface area contributed by atoms with Crippen molar-refractivity contribution in [1.29, 1.82) is 0 Å². The fourth-order valence-electron chi connectivity index (χ4n) is 8.07. The third kappa shape index (κ3) is 4.16. The molecule has 48 heavy (non-hydrogen) atoms. The SMILES string of the molecule is C(=C1c2ccccc2-c2ccccc21)c1cc(C=C2c3ccccc3-c3ccccc32)cc(C=C2c3ccccc3-c3ccccc32)c1. The van der Waals surface area contributed by atoms with E-state index in [-0.39, 0.29) is 0 Å². The second-order valence-corrected chi connectivity index (χ2v) is 12.9. The summed E-state index contributed by atoms with van der Waals surface area (Å²) in [5.74, 6) is 0. The van der Waals surface area contributed by atoms with Crippen LogP contribution in [0.4, 0.5) is 0 Å². The maximum atomic E-state index is 2.39. The van der Waals surface area contributed by atoms with Gasteiger partial charge in [-0.25, -0.2) is 0 Å². The number of rotatable bonds is 3. The maximum Gasteiger partial charge on any atom is -0.00930 e. The highest BCUT2D eigenvalue weighted by Gasteiger charge is 2.25. The maximum absolute atomic E-state index is 2.39. The van der Waals surface area contributed by atoms with E-state index in [1.54, 1.807) is 0 Å². The minimum Gasteiger partial charge on any atom is -0.0616 e. The Morgan fingerprint density at radius 3 is 0.562 bits per heavy atom. The van der Waals surface area contributed by atoms with Crippen LogP contribution in [0.15, 0.2) is 164 Å². The lowest BCUT2D eigenvalue weighted by atomic mass is 9.94. The Balaban J connectivity index is 1.20. The van der Waals surface area contributed by atoms with Crippen LogP contribution >= 0.6 is 0 Å². The lowest BCUT2D eigenvalue weighted by Gasteiger charge is -2.09. The molecule has 0 N–H and O–H groups in total. The van der Waals surface area contributed by atoms with Crippen LogP contribution in [-0.4, -0.2) is 0 Å². The van der Waals surface area contributed by atoms with Gasteiger partial charge in [-0.2, -0.15) is 0 Å². The standard InChI is InChI=1S/C48H30/c1-7-19-40-34(13-1)35-14-2-8-20-41(35)46(40)28-31-25-32(29-47-42-21-9-3-15-36(42)37-16-4-10-22-43(37)47)27-33(26-31)30-48-44-23-11-5-17-38(44)39-18-6-12-24-45(39)48/h1-30H. The molecule has 0 bridgehead atoms. The molecule has 0 aromatic heterocycles. The number of hydrogen-bond acceptors (Lipinski definition) is 0. The lowest BCUT2D eigenvalue weighted by Crippen LogP contribution is -1.88. The molecule has 0 atom stereocenters. The highest BCUT2D eigenvalue weighted by Crippen LogP contribution is 2.48. The van der Waals surface area contributed by atoms with Gasteiger partial charge >= 0.3 is 0 Å². The second kappa shape index (κ2) is 10.7. The van der Waals surface area contributed by atoms with Gasteiger partial charge in [-0.3, -0.25) is 0 Å². The summed E-state index contributed by atoms with van der Waals surface area (Å²) in [5.41, 5.74) is 23.0. The van der Waals surface area contributed by atoms with E-state index < -0.39 is 0 Å². The average Bonchev–Trinajstić information content (AvgIpc) is 3.75. The van der Waals surface area contributed by atoms with Crippen molar-refractivity contribution in [3.05, 3.63) is 214 Å². The highest BCUT2D eigenvalue weighted by atomic mass is 14.3. The largest absolute Gasteiger partial charge is 0.0616 e. The Morgan fingerprint density at radius 2 is 0.375 bits per heavy atom. The molecule has 0 nitrogen and oxygen atoms in total. The zero-order chi connectivity index (χ0) is 31.6. The van der Waals surface area contributed by atoms with Crippen LogP contribution in [-0.2, 0) is 0 Å². The van der Waals surface area contributed by atoms with Gasteiger partial charge in [0.25, 0.3) is 0 Å². The molecule has 0 amide bonds. The van der Waals surface area contributed by atoms with Gasteiger partial charge in [-0.05, 0) is 137 Å². The van der Waals surface area contributed by atoms with Crippen molar-refractivity contribution in [1.82, 2.24) is 0 Å². The molecule has 3 aliphatic rings. The monoisotopic (exact) mass is 606 g/mol. The van der Waals surface area contributed by atoms with Gasteiger partial charge < -0.3 is 0 Å². The fourth-order valence-corrected chi connectivity index (χ4v) is 8.07. The van der Waals surface area contributed by atoms with Crippen LogP contribution in [0.25, 0.3) is 68.3 Å². The van der Waals surface area contributed by atoms with Gasteiger partial charge in [0.05, 0.1) is 0 Å². The van der Waals surface area contributed by atoms with Gasteiger partial charge in [0.15, 0.2) is 0 Å². The first-order chi connectivity index (χ1) is 23.8. The first-order valence-electron chi connectivity index (χ1n) is 16.7. The molecule has 7 aromatic carbocycles. The van der Waals surface area contributed by atoms with Gasteiger partial charge in [0, 0.05) is 0 Å². The molecule has 0 heterocycles. The van der Waals surface area contributed by atoms with E-state index in [2.05, 4.69) is 182 Å². The molecule has 0 heteroatoms. The number of fused-ring (bicyclic) bond motifs is 9. The van der Waals surface area contributed by atoms with Crippen molar-refractivity contribution < 1.29 is 0 Å². The third-order valence-electron chi connectivity index (χ3n) is 10.1. The summed E-state index contributed by atoms with van der Waals surface area (Å²) in [7, 11) is 0. The van der Waals surface area contributed by atoms with Crippen LogP contribution in [0.5, 0.6) is 0 Å². The van der Waals surface area contributed by atoms with Crippen molar-refractivity contribution in [3.63, 3.8) is 0 Å². The van der Waals surface area contributed by atoms with Crippen molar-refractivity contribution >= 4 is 34.9 Å². The molecule has 0 radical (unpaired) electrons. The normalized spacial score (nSPS) is 12.9. The minimum atomic E-state index is 1.19. The van der Waals surface area contributed by atoms with E-state index in [0.717, 1.165) is 0 Å². The zero-order valence-corrected chi connectivity index (χ0v) is 26.3. The molecule has 7 aromatic rings. The minimum absolute atomic E-state index is 1.19. The van der Waals surface area contributed by atoms with E-state index in [9.17, 15) is 0 Å². The molecule has 222 valence electrons. The molecule has 0 aliphatic heterocycles. The Morgan fingerprint density at radius 1 is 0.208 bits per heavy atom. The van der Waals surface area contributed by atoms with Crippen molar-refractivity contribution in [2.45, 2.75) is 0 Å². The summed E-state index contributed by atoms with van der Waals surface area (Å²) >= 11 is 0. The fraction of sp³-hybridized carbons (Fsp3) is 0. The van der Waals surface area contributed by atoms with E-state index in [4.69, 9.17) is 0 Å². The second-order valence-electron chi connectivity index (χ2n) is 12.9. The topological polar surface area (TPSA) is 0 Å². The van der Waals surface area contributed by atoms with Gasteiger partial charge in [0.2, 0.25) is 0 Å².